The molecule has 2 aromatic carbocycles. The number of para-hydroxylation sites is 2. The summed E-state index contributed by atoms with van der Waals surface area (Å²) < 4.78 is 8.70. The predicted molar refractivity (Wildman–Crippen MR) is 119 cm³/mol. The normalized spacial score (nSPS) is 10.9. The molecule has 0 amide bonds. The van der Waals surface area contributed by atoms with Gasteiger partial charge in [0.25, 0.3) is 5.56 Å². The molecule has 0 aliphatic rings. The Labute approximate surface area is 179 Å². The standard InChI is InChI=1S/C22H22N2O3S2/c1-4-27-21(26)18-19(25)23(16-11-7-5-8-12-16)22(28)24(20(18)29-15(2)3)17-13-9-6-10-14-17/h5-15H,4H2,1-3H3. The van der Waals surface area contributed by atoms with E-state index in [-0.39, 0.29) is 17.4 Å². The van der Waals surface area contributed by atoms with Gasteiger partial charge in [0.15, 0.2) is 10.3 Å². The van der Waals surface area contributed by atoms with Crippen LogP contribution < -0.4 is 5.56 Å². The van der Waals surface area contributed by atoms with Crippen molar-refractivity contribution in [2.45, 2.75) is 31.0 Å². The zero-order valence-electron chi connectivity index (χ0n) is 16.5. The number of benzene rings is 2. The van der Waals surface area contributed by atoms with Gasteiger partial charge < -0.3 is 4.74 Å². The van der Waals surface area contributed by atoms with Crippen LogP contribution in [0.4, 0.5) is 0 Å². The third kappa shape index (κ3) is 4.36. The number of nitrogens with zero attached hydrogens (tertiary/aromatic N) is 2. The highest BCUT2D eigenvalue weighted by Gasteiger charge is 2.26. The van der Waals surface area contributed by atoms with Crippen molar-refractivity contribution < 1.29 is 9.53 Å². The van der Waals surface area contributed by atoms with Crippen LogP contribution in [-0.4, -0.2) is 27.0 Å². The summed E-state index contributed by atoms with van der Waals surface area (Å²) in [6.45, 7) is 5.90. The number of hydrogen-bond donors (Lipinski definition) is 0. The lowest BCUT2D eigenvalue weighted by atomic mass is 10.2. The van der Waals surface area contributed by atoms with Gasteiger partial charge in [0.05, 0.1) is 12.3 Å². The largest absolute Gasteiger partial charge is 0.462 e. The van der Waals surface area contributed by atoms with Gasteiger partial charge in [-0.25, -0.2) is 4.79 Å². The van der Waals surface area contributed by atoms with E-state index < -0.39 is 11.5 Å². The molecule has 0 aliphatic carbocycles. The van der Waals surface area contributed by atoms with E-state index in [9.17, 15) is 9.59 Å². The quantitative estimate of drug-likeness (QED) is 0.239. The summed E-state index contributed by atoms with van der Waals surface area (Å²) in [4.78, 5) is 26.3. The molecule has 7 heteroatoms. The molecule has 0 bridgehead atoms. The molecule has 150 valence electrons. The number of hydrogen-bond acceptors (Lipinski definition) is 5. The fourth-order valence-corrected chi connectivity index (χ4v) is 4.39. The molecule has 0 saturated carbocycles. The minimum Gasteiger partial charge on any atom is -0.462 e. The van der Waals surface area contributed by atoms with Gasteiger partial charge in [-0.05, 0) is 43.4 Å². The van der Waals surface area contributed by atoms with E-state index in [4.69, 9.17) is 17.0 Å². The van der Waals surface area contributed by atoms with Crippen LogP contribution in [0.2, 0.25) is 0 Å². The van der Waals surface area contributed by atoms with Crippen LogP contribution in [-0.2, 0) is 4.74 Å². The maximum atomic E-state index is 13.5. The average Bonchev–Trinajstić information content (AvgIpc) is 2.69. The van der Waals surface area contributed by atoms with Gasteiger partial charge in [-0.2, -0.15) is 0 Å². The van der Waals surface area contributed by atoms with Gasteiger partial charge in [0.1, 0.15) is 5.03 Å². The predicted octanol–water partition coefficient (Wildman–Crippen LogP) is 5.03. The van der Waals surface area contributed by atoms with E-state index in [1.54, 1.807) is 23.6 Å². The molecule has 5 nitrogen and oxygen atoms in total. The molecular weight excluding hydrogens is 404 g/mol. The molecule has 0 unspecified atom stereocenters. The average molecular weight is 427 g/mol. The van der Waals surface area contributed by atoms with Crippen molar-refractivity contribution in [2.75, 3.05) is 6.61 Å². The first kappa shape index (κ1) is 21.1. The van der Waals surface area contributed by atoms with Crippen molar-refractivity contribution in [1.29, 1.82) is 0 Å². The summed E-state index contributed by atoms with van der Waals surface area (Å²) in [6, 6.07) is 18.6. The lowest BCUT2D eigenvalue weighted by molar-refractivity contribution is 0.0517. The molecule has 3 aromatic rings. The van der Waals surface area contributed by atoms with Crippen LogP contribution in [0.5, 0.6) is 0 Å². The fourth-order valence-electron chi connectivity index (χ4n) is 2.91. The lowest BCUT2D eigenvalue weighted by Gasteiger charge is -2.21. The molecular formula is C22H22N2O3S2. The van der Waals surface area contributed by atoms with Crippen molar-refractivity contribution >= 4 is 29.9 Å². The summed E-state index contributed by atoms with van der Waals surface area (Å²) in [7, 11) is 0. The zero-order chi connectivity index (χ0) is 21.0. The molecule has 3 rings (SSSR count). The molecule has 0 atom stereocenters. The molecule has 1 aromatic heterocycles. The highest BCUT2D eigenvalue weighted by atomic mass is 32.2. The third-order valence-electron chi connectivity index (χ3n) is 4.07. The van der Waals surface area contributed by atoms with E-state index in [0.29, 0.717) is 15.5 Å². The number of ether oxygens (including phenoxy) is 1. The summed E-state index contributed by atoms with van der Waals surface area (Å²) in [5.41, 5.74) is 0.886. The summed E-state index contributed by atoms with van der Waals surface area (Å²) in [6.07, 6.45) is 0. The van der Waals surface area contributed by atoms with Crippen molar-refractivity contribution in [3.05, 3.63) is 81.4 Å². The van der Waals surface area contributed by atoms with E-state index in [1.165, 1.54) is 16.3 Å². The second-order valence-corrected chi connectivity index (χ2v) is 8.43. The Hall–Kier alpha value is -2.64. The smallest absolute Gasteiger partial charge is 0.346 e. The molecule has 29 heavy (non-hydrogen) atoms. The second kappa shape index (κ2) is 9.24. The number of aromatic nitrogens is 2. The lowest BCUT2D eigenvalue weighted by Crippen LogP contribution is -2.32. The first-order valence-electron chi connectivity index (χ1n) is 9.32. The summed E-state index contributed by atoms with van der Waals surface area (Å²) in [5, 5.41) is 0.617. The molecule has 1 heterocycles. The van der Waals surface area contributed by atoms with Gasteiger partial charge >= 0.3 is 5.97 Å². The van der Waals surface area contributed by atoms with Gasteiger partial charge in [0.2, 0.25) is 0 Å². The highest BCUT2D eigenvalue weighted by molar-refractivity contribution is 7.99. The van der Waals surface area contributed by atoms with Crippen LogP contribution in [0, 0.1) is 4.77 Å². The van der Waals surface area contributed by atoms with Crippen molar-refractivity contribution in [3.63, 3.8) is 0 Å². The van der Waals surface area contributed by atoms with Gasteiger partial charge in [-0.15, -0.1) is 11.8 Å². The minimum atomic E-state index is -0.648. The molecule has 0 fully saturated rings. The van der Waals surface area contributed by atoms with E-state index in [2.05, 4.69) is 0 Å². The summed E-state index contributed by atoms with van der Waals surface area (Å²) in [5.74, 6) is -0.648. The Kier molecular flexibility index (Phi) is 6.71. The van der Waals surface area contributed by atoms with Gasteiger partial charge in [-0.1, -0.05) is 50.2 Å². The number of rotatable bonds is 6. The third-order valence-corrected chi connectivity index (χ3v) is 5.52. The van der Waals surface area contributed by atoms with Crippen LogP contribution in [0.3, 0.4) is 0 Å². The van der Waals surface area contributed by atoms with Crippen molar-refractivity contribution in [2.24, 2.45) is 0 Å². The molecule has 0 aliphatic heterocycles. The van der Waals surface area contributed by atoms with Gasteiger partial charge in [0, 0.05) is 10.9 Å². The first-order chi connectivity index (χ1) is 14.0. The maximum Gasteiger partial charge on any atom is 0.346 e. The number of esters is 1. The number of carbonyl (C=O) groups excluding carboxylic acids is 1. The molecule has 0 N–H and O–H groups in total. The van der Waals surface area contributed by atoms with Crippen LogP contribution >= 0.6 is 24.0 Å². The second-order valence-electron chi connectivity index (χ2n) is 6.50. The highest BCUT2D eigenvalue weighted by Crippen LogP contribution is 2.29. The SMILES string of the molecule is CCOC(=O)c1c(SC(C)C)n(-c2ccccc2)c(=S)n(-c2ccccc2)c1=O. The van der Waals surface area contributed by atoms with E-state index in [0.717, 1.165) is 5.69 Å². The molecule has 0 spiro atoms. The number of thioether (sulfide) groups is 1. The zero-order valence-corrected chi connectivity index (χ0v) is 18.1. The van der Waals surface area contributed by atoms with E-state index >= 15 is 0 Å². The van der Waals surface area contributed by atoms with E-state index in [1.807, 2.05) is 62.4 Å². The fraction of sp³-hybridized carbons (Fsp3) is 0.227. The van der Waals surface area contributed by atoms with Crippen LogP contribution in [0.25, 0.3) is 11.4 Å². The molecule has 0 saturated heterocycles. The monoisotopic (exact) mass is 426 g/mol. The number of carbonyl (C=O) groups is 1. The Morgan fingerprint density at radius 2 is 1.52 bits per heavy atom. The molecule has 0 radical (unpaired) electrons. The van der Waals surface area contributed by atoms with Crippen LogP contribution in [0.15, 0.2) is 70.5 Å². The first-order valence-corrected chi connectivity index (χ1v) is 10.6. The Morgan fingerprint density at radius 1 is 1.00 bits per heavy atom. The van der Waals surface area contributed by atoms with Gasteiger partial charge in [-0.3, -0.25) is 13.9 Å². The Morgan fingerprint density at radius 3 is 2.00 bits per heavy atom. The van der Waals surface area contributed by atoms with Crippen molar-refractivity contribution in [1.82, 2.24) is 9.13 Å². The summed E-state index contributed by atoms with van der Waals surface area (Å²) >= 11 is 7.17. The van der Waals surface area contributed by atoms with Crippen molar-refractivity contribution in [3.8, 4) is 11.4 Å². The van der Waals surface area contributed by atoms with Crippen LogP contribution in [0.1, 0.15) is 31.1 Å². The topological polar surface area (TPSA) is 53.2 Å². The maximum absolute atomic E-state index is 13.5. The Balaban J connectivity index is 2.48. The Bertz CT molecular complexity index is 1120. The minimum absolute atomic E-state index is 0.00754.